The lowest BCUT2D eigenvalue weighted by Crippen LogP contribution is -2.09. The summed E-state index contributed by atoms with van der Waals surface area (Å²) in [6.45, 7) is 6.68. The predicted octanol–water partition coefficient (Wildman–Crippen LogP) is 3.56. The van der Waals surface area contributed by atoms with E-state index in [-0.39, 0.29) is 24.5 Å². The molecular weight excluding hydrogens is 276 g/mol. The number of carbonyl (C=O) groups excluding carboxylic acids is 1. The van der Waals surface area contributed by atoms with Gasteiger partial charge in [-0.15, -0.1) is 0 Å². The average molecular weight is 298 g/mol. The summed E-state index contributed by atoms with van der Waals surface area (Å²) < 4.78 is 7.11. The molecule has 1 atom stereocenters. The first-order chi connectivity index (χ1) is 10.6. The van der Waals surface area contributed by atoms with Crippen molar-refractivity contribution in [2.45, 2.75) is 46.3 Å². The molecule has 0 bridgehead atoms. The molecule has 1 heterocycles. The van der Waals surface area contributed by atoms with Crippen molar-refractivity contribution >= 4 is 5.97 Å². The Kier molecular flexibility index (Phi) is 4.01. The highest BCUT2D eigenvalue weighted by atomic mass is 16.5. The second-order valence-electron chi connectivity index (χ2n) is 6.19. The van der Waals surface area contributed by atoms with Crippen LogP contribution in [-0.2, 0) is 16.3 Å². The molecule has 1 aliphatic carbocycles. The molecule has 0 unspecified atom stereocenters. The van der Waals surface area contributed by atoms with Gasteiger partial charge < -0.3 is 9.30 Å². The lowest BCUT2D eigenvalue weighted by Gasteiger charge is -2.14. The summed E-state index contributed by atoms with van der Waals surface area (Å²) in [6.07, 6.45) is 5.64. The van der Waals surface area contributed by atoms with Crippen LogP contribution in [0.4, 0.5) is 0 Å². The van der Waals surface area contributed by atoms with Gasteiger partial charge in [0.2, 0.25) is 0 Å². The number of esters is 1. The summed E-state index contributed by atoms with van der Waals surface area (Å²) in [6, 6.07) is 6.36. The van der Waals surface area contributed by atoms with Crippen LogP contribution in [0.2, 0.25) is 0 Å². The Balaban J connectivity index is 1.69. The number of benzene rings is 1. The number of aromatic nitrogens is 2. The molecule has 0 N–H and O–H groups in total. The SMILES string of the molecule is Cc1cccc([C@H](C)c2cn(COC(=O)C3CC3)cn2)c1C. The summed E-state index contributed by atoms with van der Waals surface area (Å²) in [5.41, 5.74) is 4.89. The molecule has 0 spiro atoms. The number of ether oxygens (including phenoxy) is 1. The van der Waals surface area contributed by atoms with Gasteiger partial charge in [0.05, 0.1) is 17.9 Å². The normalized spacial score (nSPS) is 15.6. The molecule has 0 amide bonds. The number of rotatable bonds is 5. The van der Waals surface area contributed by atoms with Crippen LogP contribution in [0, 0.1) is 19.8 Å². The number of imidazole rings is 1. The summed E-state index contributed by atoms with van der Waals surface area (Å²) in [7, 11) is 0. The number of hydrogen-bond acceptors (Lipinski definition) is 3. The molecule has 0 radical (unpaired) electrons. The monoisotopic (exact) mass is 298 g/mol. The van der Waals surface area contributed by atoms with Gasteiger partial charge in [-0.05, 0) is 43.4 Å². The van der Waals surface area contributed by atoms with Gasteiger partial charge in [0.15, 0.2) is 6.73 Å². The van der Waals surface area contributed by atoms with Gasteiger partial charge in [-0.1, -0.05) is 25.1 Å². The number of carbonyl (C=O) groups is 1. The topological polar surface area (TPSA) is 44.1 Å². The lowest BCUT2D eigenvalue weighted by molar-refractivity contribution is -0.149. The molecule has 1 aromatic heterocycles. The van der Waals surface area contributed by atoms with Crippen LogP contribution in [0.1, 0.15) is 48.1 Å². The fourth-order valence-corrected chi connectivity index (χ4v) is 2.65. The van der Waals surface area contributed by atoms with Gasteiger partial charge in [0, 0.05) is 12.1 Å². The predicted molar refractivity (Wildman–Crippen MR) is 84.5 cm³/mol. The van der Waals surface area contributed by atoms with E-state index >= 15 is 0 Å². The van der Waals surface area contributed by atoms with E-state index in [1.165, 1.54) is 16.7 Å². The van der Waals surface area contributed by atoms with Gasteiger partial charge in [0.1, 0.15) is 0 Å². The molecule has 0 saturated heterocycles. The summed E-state index contributed by atoms with van der Waals surface area (Å²) in [5.74, 6) is 0.273. The first-order valence-corrected chi connectivity index (χ1v) is 7.80. The Morgan fingerprint density at radius 3 is 2.91 bits per heavy atom. The third kappa shape index (κ3) is 3.06. The third-order valence-electron chi connectivity index (χ3n) is 4.48. The lowest BCUT2D eigenvalue weighted by atomic mass is 9.92. The average Bonchev–Trinajstić information content (AvgIpc) is 3.25. The van der Waals surface area contributed by atoms with E-state index in [0.29, 0.717) is 0 Å². The van der Waals surface area contributed by atoms with E-state index in [1.807, 2.05) is 10.8 Å². The largest absolute Gasteiger partial charge is 0.444 e. The zero-order valence-electron chi connectivity index (χ0n) is 13.4. The minimum atomic E-state index is -0.0853. The second kappa shape index (κ2) is 5.95. The highest BCUT2D eigenvalue weighted by Crippen LogP contribution is 2.30. The van der Waals surface area contributed by atoms with E-state index < -0.39 is 0 Å². The molecule has 116 valence electrons. The Labute approximate surface area is 131 Å². The standard InChI is InChI=1S/C18H22N2O2/c1-12-5-4-6-16(13(12)2)14(3)17-9-20(10-19-17)11-22-18(21)15-7-8-15/h4-6,9-10,14-15H,7-8,11H2,1-3H3/t14-/m0/s1. The first-order valence-electron chi connectivity index (χ1n) is 7.80. The molecule has 4 nitrogen and oxygen atoms in total. The van der Waals surface area contributed by atoms with Gasteiger partial charge in [-0.25, -0.2) is 4.98 Å². The van der Waals surface area contributed by atoms with Crippen molar-refractivity contribution in [3.05, 3.63) is 53.1 Å². The Bertz CT molecular complexity index is 686. The molecule has 1 fully saturated rings. The van der Waals surface area contributed by atoms with E-state index in [9.17, 15) is 4.79 Å². The van der Waals surface area contributed by atoms with Crippen molar-refractivity contribution in [2.24, 2.45) is 5.92 Å². The van der Waals surface area contributed by atoms with E-state index in [4.69, 9.17) is 4.74 Å². The van der Waals surface area contributed by atoms with Crippen LogP contribution in [0.5, 0.6) is 0 Å². The maximum absolute atomic E-state index is 11.6. The smallest absolute Gasteiger partial charge is 0.310 e. The van der Waals surface area contributed by atoms with Gasteiger partial charge in [0.25, 0.3) is 0 Å². The third-order valence-corrected chi connectivity index (χ3v) is 4.48. The number of nitrogens with zero attached hydrogens (tertiary/aromatic N) is 2. The van der Waals surface area contributed by atoms with Crippen LogP contribution < -0.4 is 0 Å². The van der Waals surface area contributed by atoms with Crippen molar-refractivity contribution in [2.75, 3.05) is 0 Å². The van der Waals surface area contributed by atoms with E-state index in [2.05, 4.69) is 44.0 Å². The molecule has 1 aromatic carbocycles. The van der Waals surface area contributed by atoms with Crippen molar-refractivity contribution in [3.63, 3.8) is 0 Å². The van der Waals surface area contributed by atoms with E-state index in [0.717, 1.165) is 18.5 Å². The van der Waals surface area contributed by atoms with Crippen molar-refractivity contribution in [1.82, 2.24) is 9.55 Å². The molecule has 2 aromatic rings. The molecule has 3 rings (SSSR count). The molecule has 1 saturated carbocycles. The maximum atomic E-state index is 11.6. The molecule has 4 heteroatoms. The first kappa shape index (κ1) is 14.8. The maximum Gasteiger partial charge on any atom is 0.310 e. The van der Waals surface area contributed by atoms with Crippen molar-refractivity contribution in [3.8, 4) is 0 Å². The van der Waals surface area contributed by atoms with Gasteiger partial charge in [-0.3, -0.25) is 4.79 Å². The molecule has 22 heavy (non-hydrogen) atoms. The van der Waals surface area contributed by atoms with Crippen LogP contribution in [0.25, 0.3) is 0 Å². The van der Waals surface area contributed by atoms with Crippen molar-refractivity contribution in [1.29, 1.82) is 0 Å². The quantitative estimate of drug-likeness (QED) is 0.793. The van der Waals surface area contributed by atoms with Gasteiger partial charge >= 0.3 is 5.97 Å². The van der Waals surface area contributed by atoms with E-state index in [1.54, 1.807) is 6.33 Å². The second-order valence-corrected chi connectivity index (χ2v) is 6.19. The summed E-state index contributed by atoms with van der Waals surface area (Å²) in [4.78, 5) is 16.0. The fraction of sp³-hybridized carbons (Fsp3) is 0.444. The van der Waals surface area contributed by atoms with Crippen LogP contribution in [-0.4, -0.2) is 15.5 Å². The molecule has 1 aliphatic rings. The van der Waals surface area contributed by atoms with Crippen LogP contribution in [0.3, 0.4) is 0 Å². The zero-order chi connectivity index (χ0) is 15.7. The minimum Gasteiger partial charge on any atom is -0.444 e. The summed E-state index contributed by atoms with van der Waals surface area (Å²) in [5, 5.41) is 0. The van der Waals surface area contributed by atoms with Gasteiger partial charge in [-0.2, -0.15) is 0 Å². The zero-order valence-corrected chi connectivity index (χ0v) is 13.4. The summed E-state index contributed by atoms with van der Waals surface area (Å²) >= 11 is 0. The minimum absolute atomic E-state index is 0.0853. The molecule has 0 aliphatic heterocycles. The Morgan fingerprint density at radius 1 is 1.41 bits per heavy atom. The number of aryl methyl sites for hydroxylation is 1. The number of hydrogen-bond donors (Lipinski definition) is 0. The van der Waals surface area contributed by atoms with Crippen molar-refractivity contribution < 1.29 is 9.53 Å². The highest BCUT2D eigenvalue weighted by Gasteiger charge is 2.31. The molecular formula is C18H22N2O2. The fourth-order valence-electron chi connectivity index (χ4n) is 2.65. The van der Waals surface area contributed by atoms with Crippen LogP contribution in [0.15, 0.2) is 30.7 Å². The van der Waals surface area contributed by atoms with Crippen LogP contribution >= 0.6 is 0 Å². The highest BCUT2D eigenvalue weighted by molar-refractivity contribution is 5.74. The Morgan fingerprint density at radius 2 is 2.18 bits per heavy atom. The Hall–Kier alpha value is -2.10.